The van der Waals surface area contributed by atoms with Crippen LogP contribution in [-0.2, 0) is 0 Å². The highest BCUT2D eigenvalue weighted by molar-refractivity contribution is 8.13. The number of amidine groups is 2. The van der Waals surface area contributed by atoms with Crippen molar-refractivity contribution in [3.8, 4) is 0 Å². The Kier molecular flexibility index (Phi) is 6.03. The number of nitrogens with zero attached hydrogens (tertiary/aromatic N) is 3. The Morgan fingerprint density at radius 2 is 1.95 bits per heavy atom. The first-order chi connectivity index (χ1) is 10.6. The van der Waals surface area contributed by atoms with Crippen molar-refractivity contribution in [1.82, 2.24) is 5.43 Å². The first-order valence-electron chi connectivity index (χ1n) is 7.40. The fourth-order valence-corrected chi connectivity index (χ4v) is 2.87. The smallest absolute Gasteiger partial charge is 0.190 e. The number of anilines is 1. The van der Waals surface area contributed by atoms with Gasteiger partial charge >= 0.3 is 0 Å². The average Bonchev–Trinajstić information content (AvgIpc) is 2.90. The molecule has 1 aromatic carbocycles. The van der Waals surface area contributed by atoms with Gasteiger partial charge in [0.1, 0.15) is 5.70 Å². The van der Waals surface area contributed by atoms with Crippen LogP contribution in [0.25, 0.3) is 6.08 Å². The molecule has 5 nitrogen and oxygen atoms in total. The van der Waals surface area contributed by atoms with Gasteiger partial charge in [-0.25, -0.2) is 15.8 Å². The van der Waals surface area contributed by atoms with E-state index in [9.17, 15) is 0 Å². The van der Waals surface area contributed by atoms with Crippen LogP contribution in [0.2, 0.25) is 0 Å². The monoisotopic (exact) mass is 317 g/mol. The number of aliphatic imine (C=N–C) groups is 2. The first-order valence-corrected chi connectivity index (χ1v) is 8.39. The second-order valence-electron chi connectivity index (χ2n) is 5.22. The fourth-order valence-electron chi connectivity index (χ4n) is 1.94. The molecular weight excluding hydrogens is 294 g/mol. The second-order valence-corrected chi connectivity index (χ2v) is 6.28. The summed E-state index contributed by atoms with van der Waals surface area (Å²) < 4.78 is 0. The molecule has 3 N–H and O–H groups in total. The lowest BCUT2D eigenvalue weighted by atomic mass is 10.1. The molecule has 118 valence electrons. The van der Waals surface area contributed by atoms with Crippen molar-refractivity contribution < 1.29 is 0 Å². The van der Waals surface area contributed by atoms with Gasteiger partial charge in [-0.3, -0.25) is 0 Å². The molecule has 0 aromatic heterocycles. The van der Waals surface area contributed by atoms with Crippen LogP contribution in [0, 0.1) is 0 Å². The molecule has 0 atom stereocenters. The third-order valence-corrected chi connectivity index (χ3v) is 4.18. The van der Waals surface area contributed by atoms with Crippen LogP contribution in [0.3, 0.4) is 0 Å². The van der Waals surface area contributed by atoms with E-state index in [2.05, 4.69) is 51.5 Å². The highest BCUT2D eigenvalue weighted by Gasteiger charge is 2.15. The van der Waals surface area contributed by atoms with Gasteiger partial charge in [-0.2, -0.15) is 0 Å². The molecular formula is C16H23N5S. The Bertz CT molecular complexity index is 587. The zero-order valence-electron chi connectivity index (χ0n) is 13.3. The number of rotatable bonds is 5. The maximum Gasteiger partial charge on any atom is 0.190 e. The molecule has 22 heavy (non-hydrogen) atoms. The summed E-state index contributed by atoms with van der Waals surface area (Å²) in [6.45, 7) is 2.18. The molecule has 0 fully saturated rings. The molecule has 0 spiro atoms. The molecule has 1 aliphatic heterocycles. The number of thioether (sulfide) groups is 1. The molecule has 0 radical (unpaired) electrons. The predicted octanol–water partition coefficient (Wildman–Crippen LogP) is 2.86. The Labute approximate surface area is 136 Å². The van der Waals surface area contributed by atoms with Crippen LogP contribution >= 0.6 is 11.8 Å². The lowest BCUT2D eigenvalue weighted by Crippen LogP contribution is -2.30. The highest BCUT2D eigenvalue weighted by Crippen LogP contribution is 2.21. The van der Waals surface area contributed by atoms with E-state index in [4.69, 9.17) is 5.84 Å². The van der Waals surface area contributed by atoms with Crippen LogP contribution in [0.15, 0.2) is 39.9 Å². The summed E-state index contributed by atoms with van der Waals surface area (Å²) in [4.78, 5) is 11.0. The summed E-state index contributed by atoms with van der Waals surface area (Å²) >= 11 is 1.67. The van der Waals surface area contributed by atoms with E-state index in [1.807, 2.05) is 20.2 Å². The van der Waals surface area contributed by atoms with Crippen molar-refractivity contribution in [2.75, 3.05) is 24.7 Å². The van der Waals surface area contributed by atoms with E-state index in [0.717, 1.165) is 28.6 Å². The summed E-state index contributed by atoms with van der Waals surface area (Å²) in [5.41, 5.74) is 5.65. The number of hydrogen-bond acceptors (Lipinski definition) is 6. The van der Waals surface area contributed by atoms with Crippen LogP contribution in [0.5, 0.6) is 0 Å². The van der Waals surface area contributed by atoms with Gasteiger partial charge in [0.15, 0.2) is 11.0 Å². The Morgan fingerprint density at radius 3 is 2.55 bits per heavy atom. The number of hydrogen-bond donors (Lipinski definition) is 2. The SMILES string of the molecule is CCCCSC1=NC(=Cc2ccc(N(C)C)cc2)C(NN)=N1. The largest absolute Gasteiger partial charge is 0.378 e. The second kappa shape index (κ2) is 8.00. The molecule has 0 amide bonds. The van der Waals surface area contributed by atoms with E-state index < -0.39 is 0 Å². The van der Waals surface area contributed by atoms with Crippen molar-refractivity contribution >= 4 is 34.5 Å². The quantitative estimate of drug-likeness (QED) is 0.498. The lowest BCUT2D eigenvalue weighted by molar-refractivity contribution is 0.898. The molecule has 0 saturated carbocycles. The van der Waals surface area contributed by atoms with E-state index >= 15 is 0 Å². The van der Waals surface area contributed by atoms with Gasteiger partial charge in [0, 0.05) is 25.5 Å². The van der Waals surface area contributed by atoms with E-state index in [0.29, 0.717) is 5.84 Å². The zero-order valence-corrected chi connectivity index (χ0v) is 14.2. The summed E-state index contributed by atoms with van der Waals surface area (Å²) in [7, 11) is 4.05. The first kappa shape index (κ1) is 16.6. The Morgan fingerprint density at radius 1 is 1.23 bits per heavy atom. The van der Waals surface area contributed by atoms with Gasteiger partial charge in [-0.15, -0.1) is 0 Å². The molecule has 6 heteroatoms. The Hall–Kier alpha value is -1.79. The number of nitrogens with one attached hydrogen (secondary N) is 1. The van der Waals surface area contributed by atoms with Crippen molar-refractivity contribution in [2.45, 2.75) is 19.8 Å². The highest BCUT2D eigenvalue weighted by atomic mass is 32.2. The van der Waals surface area contributed by atoms with Crippen LogP contribution < -0.4 is 16.2 Å². The van der Waals surface area contributed by atoms with Crippen molar-refractivity contribution in [3.05, 3.63) is 35.5 Å². The number of benzene rings is 1. The van der Waals surface area contributed by atoms with Gasteiger partial charge in [0.2, 0.25) is 0 Å². The third kappa shape index (κ3) is 4.35. The van der Waals surface area contributed by atoms with Crippen LogP contribution in [-0.4, -0.2) is 30.9 Å². The zero-order chi connectivity index (χ0) is 15.9. The standard InChI is InChI=1S/C16H23N5S/c1-4-5-10-22-16-18-14(15(19-16)20-17)11-12-6-8-13(9-7-12)21(2)3/h6-9,11H,4-5,10,17H2,1-3H3,(H,18,19,20). The third-order valence-electron chi connectivity index (χ3n) is 3.24. The number of nitrogens with two attached hydrogens (primary N) is 1. The van der Waals surface area contributed by atoms with Crippen molar-refractivity contribution in [1.29, 1.82) is 0 Å². The minimum atomic E-state index is 0.621. The fraction of sp³-hybridized carbons (Fsp3) is 0.375. The molecule has 1 aromatic rings. The van der Waals surface area contributed by atoms with Gasteiger partial charge in [0.05, 0.1) is 0 Å². The molecule has 0 aliphatic carbocycles. The lowest BCUT2D eigenvalue weighted by Gasteiger charge is -2.11. The van der Waals surface area contributed by atoms with Crippen LogP contribution in [0.1, 0.15) is 25.3 Å². The van der Waals surface area contributed by atoms with Gasteiger partial charge < -0.3 is 10.3 Å². The van der Waals surface area contributed by atoms with Gasteiger partial charge in [-0.1, -0.05) is 37.2 Å². The van der Waals surface area contributed by atoms with Crippen LogP contribution in [0.4, 0.5) is 5.69 Å². The maximum atomic E-state index is 5.55. The molecule has 0 bridgehead atoms. The minimum absolute atomic E-state index is 0.621. The molecule has 1 aliphatic rings. The minimum Gasteiger partial charge on any atom is -0.378 e. The summed E-state index contributed by atoms with van der Waals surface area (Å²) in [5, 5.41) is 0.776. The molecule has 0 saturated heterocycles. The normalized spacial score (nSPS) is 15.7. The molecule has 1 heterocycles. The summed E-state index contributed by atoms with van der Waals surface area (Å²) in [6, 6.07) is 8.28. The Balaban J connectivity index is 2.13. The van der Waals surface area contributed by atoms with E-state index in [1.54, 1.807) is 11.8 Å². The van der Waals surface area contributed by atoms with Gasteiger partial charge in [-0.05, 0) is 30.2 Å². The predicted molar refractivity (Wildman–Crippen MR) is 98.3 cm³/mol. The van der Waals surface area contributed by atoms with Crippen molar-refractivity contribution in [3.63, 3.8) is 0 Å². The number of unbranched alkanes of at least 4 members (excludes halogenated alkanes) is 1. The molecule has 0 unspecified atom stereocenters. The van der Waals surface area contributed by atoms with E-state index in [1.165, 1.54) is 12.1 Å². The topological polar surface area (TPSA) is 66.0 Å². The van der Waals surface area contributed by atoms with Crippen molar-refractivity contribution in [2.24, 2.45) is 15.8 Å². The average molecular weight is 317 g/mol. The van der Waals surface area contributed by atoms with E-state index in [-0.39, 0.29) is 0 Å². The number of hydrazine groups is 1. The maximum absolute atomic E-state index is 5.55. The summed E-state index contributed by atoms with van der Waals surface area (Å²) in [6.07, 6.45) is 4.33. The molecule has 2 rings (SSSR count). The van der Waals surface area contributed by atoms with Gasteiger partial charge in [0.25, 0.3) is 0 Å². The summed E-state index contributed by atoms with van der Waals surface area (Å²) in [5.74, 6) is 7.20.